The molecule has 0 saturated heterocycles. The van der Waals surface area contributed by atoms with Gasteiger partial charge in [-0.3, -0.25) is 13.9 Å². The Labute approximate surface area is 208 Å². The minimum Gasteiger partial charge on any atom is -0.352 e. The van der Waals surface area contributed by atoms with Crippen LogP contribution in [-0.2, 0) is 26.2 Å². The van der Waals surface area contributed by atoms with Gasteiger partial charge in [-0.2, -0.15) is 0 Å². The third kappa shape index (κ3) is 7.21. The maximum absolute atomic E-state index is 13.6. The number of aryl methyl sites for hydroxylation is 1. The second kappa shape index (κ2) is 11.7. The van der Waals surface area contributed by atoms with Gasteiger partial charge in [0.05, 0.1) is 11.9 Å². The molecule has 2 atom stereocenters. The monoisotopic (exact) mass is 507 g/mol. The first-order valence-electron chi connectivity index (χ1n) is 11.2. The normalized spacial score (nSPS) is 13.1. The minimum absolute atomic E-state index is 0.0510. The summed E-state index contributed by atoms with van der Waals surface area (Å²) in [5.41, 5.74) is 2.91. The van der Waals surface area contributed by atoms with E-state index in [0.29, 0.717) is 10.7 Å². The van der Waals surface area contributed by atoms with E-state index in [1.54, 1.807) is 43.3 Å². The van der Waals surface area contributed by atoms with Crippen molar-refractivity contribution in [1.82, 2.24) is 10.2 Å². The summed E-state index contributed by atoms with van der Waals surface area (Å²) in [5, 5.41) is 3.46. The van der Waals surface area contributed by atoms with Crippen LogP contribution in [0.1, 0.15) is 43.9 Å². The second-order valence-corrected chi connectivity index (χ2v) is 11.0. The fourth-order valence-corrected chi connectivity index (χ4v) is 4.46. The summed E-state index contributed by atoms with van der Waals surface area (Å²) in [7, 11) is -3.77. The Bertz CT molecular complexity index is 1120. The largest absolute Gasteiger partial charge is 0.352 e. The van der Waals surface area contributed by atoms with Gasteiger partial charge in [0.1, 0.15) is 12.6 Å². The van der Waals surface area contributed by atoms with E-state index in [1.165, 1.54) is 4.90 Å². The topological polar surface area (TPSA) is 86.8 Å². The molecule has 0 aliphatic rings. The van der Waals surface area contributed by atoms with Crippen LogP contribution in [0.4, 0.5) is 5.69 Å². The number of sulfonamides is 1. The number of rotatable bonds is 10. The van der Waals surface area contributed by atoms with Gasteiger partial charge in [-0.1, -0.05) is 42.8 Å². The molecule has 186 valence electrons. The number of nitrogens with zero attached hydrogens (tertiary/aromatic N) is 2. The van der Waals surface area contributed by atoms with Crippen molar-refractivity contribution in [2.24, 2.45) is 0 Å². The van der Waals surface area contributed by atoms with Gasteiger partial charge >= 0.3 is 0 Å². The van der Waals surface area contributed by atoms with Crippen LogP contribution < -0.4 is 9.62 Å². The molecule has 0 aliphatic heterocycles. The van der Waals surface area contributed by atoms with Crippen molar-refractivity contribution in [2.45, 2.75) is 59.7 Å². The van der Waals surface area contributed by atoms with Gasteiger partial charge in [-0.05, 0) is 69.0 Å². The van der Waals surface area contributed by atoms with E-state index < -0.39 is 28.5 Å². The third-order valence-electron chi connectivity index (χ3n) is 5.96. The molecule has 2 unspecified atom stereocenters. The molecule has 2 aromatic rings. The highest BCUT2D eigenvalue weighted by Crippen LogP contribution is 2.25. The highest BCUT2D eigenvalue weighted by atomic mass is 35.5. The molecule has 0 saturated carbocycles. The fourth-order valence-electron chi connectivity index (χ4n) is 3.44. The number of nitrogens with one attached hydrogen (secondary N) is 1. The smallest absolute Gasteiger partial charge is 0.244 e. The molecule has 9 heteroatoms. The molecule has 0 bridgehead atoms. The first kappa shape index (κ1) is 27.7. The molecule has 0 aromatic heterocycles. The van der Waals surface area contributed by atoms with E-state index in [9.17, 15) is 18.0 Å². The zero-order valence-corrected chi connectivity index (χ0v) is 22.2. The van der Waals surface area contributed by atoms with Crippen molar-refractivity contribution in [1.29, 1.82) is 0 Å². The Morgan fingerprint density at radius 3 is 2.24 bits per heavy atom. The minimum atomic E-state index is -3.77. The van der Waals surface area contributed by atoms with Crippen molar-refractivity contribution in [2.75, 3.05) is 17.1 Å². The van der Waals surface area contributed by atoms with Crippen LogP contribution in [0.15, 0.2) is 42.5 Å². The Hall–Kier alpha value is -2.58. The molecule has 0 aliphatic carbocycles. The number of amides is 2. The Morgan fingerprint density at radius 1 is 1.06 bits per heavy atom. The first-order valence-corrected chi connectivity index (χ1v) is 13.5. The molecular formula is C25H34ClN3O4S. The highest BCUT2D eigenvalue weighted by molar-refractivity contribution is 7.92. The fraction of sp³-hybridized carbons (Fsp3) is 0.440. The van der Waals surface area contributed by atoms with E-state index in [2.05, 4.69) is 5.32 Å². The lowest BCUT2D eigenvalue weighted by atomic mass is 10.1. The SMILES string of the molecule is CCC(C)NC(=O)C(C)N(Cc1ccc(Cl)cc1)C(=O)CN(c1cccc(C)c1C)S(C)(=O)=O. The number of hydrogen-bond acceptors (Lipinski definition) is 4. The third-order valence-corrected chi connectivity index (χ3v) is 7.34. The van der Waals surface area contributed by atoms with Crippen LogP contribution in [0, 0.1) is 13.8 Å². The summed E-state index contributed by atoms with van der Waals surface area (Å²) in [6, 6.07) is 11.4. The molecule has 7 nitrogen and oxygen atoms in total. The maximum atomic E-state index is 13.6. The quantitative estimate of drug-likeness (QED) is 0.525. The van der Waals surface area contributed by atoms with Crippen LogP contribution in [-0.4, -0.2) is 50.0 Å². The summed E-state index contributed by atoms with van der Waals surface area (Å²) in [5.74, 6) is -0.776. The molecule has 1 N–H and O–H groups in total. The van der Waals surface area contributed by atoms with Gasteiger partial charge in [0.25, 0.3) is 0 Å². The molecule has 0 spiro atoms. The Balaban J connectivity index is 2.42. The molecule has 0 radical (unpaired) electrons. The summed E-state index contributed by atoms with van der Waals surface area (Å²) in [6.07, 6.45) is 1.82. The van der Waals surface area contributed by atoms with E-state index in [-0.39, 0.29) is 18.5 Å². The van der Waals surface area contributed by atoms with Gasteiger partial charge in [-0.15, -0.1) is 0 Å². The van der Waals surface area contributed by atoms with Crippen molar-refractivity contribution < 1.29 is 18.0 Å². The van der Waals surface area contributed by atoms with Gasteiger partial charge in [0.2, 0.25) is 21.8 Å². The number of hydrogen-bond donors (Lipinski definition) is 1. The lowest BCUT2D eigenvalue weighted by Crippen LogP contribution is -2.52. The summed E-state index contributed by atoms with van der Waals surface area (Å²) in [4.78, 5) is 27.9. The highest BCUT2D eigenvalue weighted by Gasteiger charge is 2.31. The van der Waals surface area contributed by atoms with Crippen molar-refractivity contribution >= 4 is 39.1 Å². The second-order valence-electron chi connectivity index (χ2n) is 8.63. The van der Waals surface area contributed by atoms with Gasteiger partial charge in [0.15, 0.2) is 0 Å². The van der Waals surface area contributed by atoms with Crippen LogP contribution in [0.2, 0.25) is 5.02 Å². The summed E-state index contributed by atoms with van der Waals surface area (Å²) < 4.78 is 26.5. The lowest BCUT2D eigenvalue weighted by Gasteiger charge is -2.32. The van der Waals surface area contributed by atoms with Gasteiger partial charge < -0.3 is 10.2 Å². The summed E-state index contributed by atoms with van der Waals surface area (Å²) >= 11 is 5.99. The summed E-state index contributed by atoms with van der Waals surface area (Å²) in [6.45, 7) is 8.92. The molecule has 0 fully saturated rings. The Morgan fingerprint density at radius 2 is 1.68 bits per heavy atom. The van der Waals surface area contributed by atoms with Crippen LogP contribution >= 0.6 is 11.6 Å². The predicted octanol–water partition coefficient (Wildman–Crippen LogP) is 4.05. The molecule has 34 heavy (non-hydrogen) atoms. The maximum Gasteiger partial charge on any atom is 0.244 e. The molecule has 2 rings (SSSR count). The van der Waals surface area contributed by atoms with Crippen molar-refractivity contribution in [3.05, 3.63) is 64.2 Å². The number of carbonyl (C=O) groups excluding carboxylic acids is 2. The number of anilines is 1. The molecule has 2 aromatic carbocycles. The van der Waals surface area contributed by atoms with E-state index in [4.69, 9.17) is 11.6 Å². The average Bonchev–Trinajstić information content (AvgIpc) is 2.77. The van der Waals surface area contributed by atoms with E-state index in [1.807, 2.05) is 33.8 Å². The Kier molecular flexibility index (Phi) is 9.53. The molecular weight excluding hydrogens is 474 g/mol. The van der Waals surface area contributed by atoms with Gasteiger partial charge in [-0.25, -0.2) is 8.42 Å². The van der Waals surface area contributed by atoms with Crippen LogP contribution in [0.3, 0.4) is 0 Å². The van der Waals surface area contributed by atoms with Crippen LogP contribution in [0.25, 0.3) is 0 Å². The number of benzene rings is 2. The lowest BCUT2D eigenvalue weighted by molar-refractivity contribution is -0.139. The van der Waals surface area contributed by atoms with Crippen LogP contribution in [0.5, 0.6) is 0 Å². The number of carbonyl (C=O) groups is 2. The standard InChI is InChI=1S/C25H34ClN3O4S/c1-7-18(3)27-25(31)20(5)28(15-21-11-13-22(26)14-12-21)24(30)16-29(34(6,32)33)23-10-8-9-17(2)19(23)4/h8-14,18,20H,7,15-16H2,1-6H3,(H,27,31). The van der Waals surface area contributed by atoms with E-state index in [0.717, 1.165) is 33.7 Å². The van der Waals surface area contributed by atoms with Crippen molar-refractivity contribution in [3.8, 4) is 0 Å². The zero-order valence-electron chi connectivity index (χ0n) is 20.6. The average molecular weight is 508 g/mol. The number of halogens is 1. The predicted molar refractivity (Wildman–Crippen MR) is 137 cm³/mol. The van der Waals surface area contributed by atoms with Crippen molar-refractivity contribution in [3.63, 3.8) is 0 Å². The first-order chi connectivity index (χ1) is 15.8. The zero-order chi connectivity index (χ0) is 25.6. The molecule has 0 heterocycles. The van der Waals surface area contributed by atoms with Gasteiger partial charge in [0, 0.05) is 17.6 Å². The van der Waals surface area contributed by atoms with E-state index >= 15 is 0 Å². The molecule has 2 amide bonds.